The number of anilines is 6. The Hall–Kier alpha value is -4.24. The molecule has 3 aliphatic heterocycles. The van der Waals surface area contributed by atoms with Crippen molar-refractivity contribution in [3.05, 3.63) is 125 Å². The van der Waals surface area contributed by atoms with Gasteiger partial charge in [-0.15, -0.1) is 0 Å². The van der Waals surface area contributed by atoms with Gasteiger partial charge in [-0.1, -0.05) is 86.1 Å². The molecule has 3 heteroatoms. The van der Waals surface area contributed by atoms with Crippen molar-refractivity contribution < 1.29 is 0 Å². The van der Waals surface area contributed by atoms with E-state index in [9.17, 15) is 0 Å². The Balaban J connectivity index is 1.16. The minimum Gasteiger partial charge on any atom is -0.311 e. The highest BCUT2D eigenvalue weighted by molar-refractivity contribution is 7.00. The number of para-hydroxylation sites is 3. The maximum Gasteiger partial charge on any atom is 0.252 e. The highest BCUT2D eigenvalue weighted by atomic mass is 15.2. The average Bonchev–Trinajstić information content (AvgIpc) is 3.61. The Morgan fingerprint density at radius 2 is 1.38 bits per heavy atom. The van der Waals surface area contributed by atoms with Crippen LogP contribution in [0.3, 0.4) is 0 Å². The van der Waals surface area contributed by atoms with Crippen molar-refractivity contribution in [2.24, 2.45) is 29.1 Å². The van der Waals surface area contributed by atoms with Crippen LogP contribution in [0.25, 0.3) is 0 Å². The maximum atomic E-state index is 2.72. The van der Waals surface area contributed by atoms with Gasteiger partial charge in [0.2, 0.25) is 0 Å². The van der Waals surface area contributed by atoms with Crippen molar-refractivity contribution in [1.29, 1.82) is 0 Å². The summed E-state index contributed by atoms with van der Waals surface area (Å²) in [4.78, 5) is 5.29. The first-order valence-corrected chi connectivity index (χ1v) is 18.8. The molecule has 0 amide bonds. The lowest BCUT2D eigenvalue weighted by atomic mass is 9.31. The molecular formula is C45H41BN2. The van der Waals surface area contributed by atoms with Gasteiger partial charge in [0.15, 0.2) is 0 Å². The van der Waals surface area contributed by atoms with Crippen LogP contribution in [0.2, 0.25) is 0 Å². The molecule has 234 valence electrons. The van der Waals surface area contributed by atoms with Crippen LogP contribution in [-0.2, 0) is 11.8 Å². The summed E-state index contributed by atoms with van der Waals surface area (Å²) < 4.78 is 0. The highest BCUT2D eigenvalue weighted by Gasteiger charge is 2.79. The largest absolute Gasteiger partial charge is 0.311 e. The zero-order valence-corrected chi connectivity index (χ0v) is 28.0. The Morgan fingerprint density at radius 1 is 0.667 bits per heavy atom. The van der Waals surface area contributed by atoms with E-state index in [4.69, 9.17) is 0 Å². The first kappa shape index (κ1) is 26.7. The molecule has 0 aromatic heterocycles. The van der Waals surface area contributed by atoms with Crippen molar-refractivity contribution in [3.63, 3.8) is 0 Å². The van der Waals surface area contributed by atoms with Gasteiger partial charge in [0.1, 0.15) is 0 Å². The molecule has 2 nitrogen and oxygen atoms in total. The normalized spacial score (nSPS) is 30.3. The highest BCUT2D eigenvalue weighted by Crippen LogP contribution is 2.85. The van der Waals surface area contributed by atoms with E-state index in [0.717, 1.165) is 30.1 Å². The molecule has 12 rings (SSSR count). The number of aryl methyl sites for hydroxylation is 2. The third-order valence-electron chi connectivity index (χ3n) is 15.0. The standard InChI is InChI=1S/C45H41BN2/c1-3-28-18-22-31(23-19-28)47-37-15-8-16-38-41(37)46(34-12-6-9-27(2)42(34)47)35-13-7-11-33-43(35)48(38)36-14-5-4-10-32(36)45(33)39-24-21-30-20-17-29-25-40(45)44(30,39)26-29/h4-16,18-19,22-23,29-30,39-40H,3,17,20-21,24-26H2,1-2H3. The van der Waals surface area contributed by atoms with E-state index in [1.54, 1.807) is 11.1 Å². The molecule has 5 aromatic rings. The van der Waals surface area contributed by atoms with E-state index in [1.165, 1.54) is 100 Å². The Morgan fingerprint density at radius 3 is 2.23 bits per heavy atom. The van der Waals surface area contributed by atoms with Crippen molar-refractivity contribution in [1.82, 2.24) is 0 Å². The molecule has 6 unspecified atom stereocenters. The van der Waals surface area contributed by atoms with Gasteiger partial charge in [-0.05, 0) is 144 Å². The molecule has 7 aliphatic rings. The van der Waals surface area contributed by atoms with Crippen LogP contribution in [0.4, 0.5) is 34.1 Å². The van der Waals surface area contributed by atoms with Gasteiger partial charge in [0.05, 0.1) is 5.69 Å². The lowest BCUT2D eigenvalue weighted by Gasteiger charge is -2.69. The smallest absolute Gasteiger partial charge is 0.252 e. The minimum atomic E-state index is 0.137. The summed E-state index contributed by atoms with van der Waals surface area (Å²) in [6.45, 7) is 4.76. The van der Waals surface area contributed by atoms with Crippen LogP contribution < -0.4 is 26.2 Å². The van der Waals surface area contributed by atoms with E-state index in [0.29, 0.717) is 5.41 Å². The van der Waals surface area contributed by atoms with Gasteiger partial charge in [0.25, 0.3) is 6.71 Å². The van der Waals surface area contributed by atoms with Crippen LogP contribution in [0.5, 0.6) is 0 Å². The number of hydrogen-bond donors (Lipinski definition) is 0. The topological polar surface area (TPSA) is 6.48 Å². The second-order valence-electron chi connectivity index (χ2n) is 16.4. The molecule has 5 aromatic carbocycles. The van der Waals surface area contributed by atoms with E-state index < -0.39 is 0 Å². The van der Waals surface area contributed by atoms with Crippen molar-refractivity contribution in [2.45, 2.75) is 64.2 Å². The first-order chi connectivity index (χ1) is 23.7. The zero-order chi connectivity index (χ0) is 31.5. The van der Waals surface area contributed by atoms with Gasteiger partial charge in [-0.2, -0.15) is 0 Å². The van der Waals surface area contributed by atoms with Crippen LogP contribution in [0.1, 0.15) is 67.7 Å². The maximum absolute atomic E-state index is 2.72. The van der Waals surface area contributed by atoms with Gasteiger partial charge >= 0.3 is 0 Å². The van der Waals surface area contributed by atoms with Crippen molar-refractivity contribution >= 4 is 57.2 Å². The van der Waals surface area contributed by atoms with Crippen molar-refractivity contribution in [2.75, 3.05) is 9.80 Å². The predicted octanol–water partition coefficient (Wildman–Crippen LogP) is 9.09. The summed E-state index contributed by atoms with van der Waals surface area (Å²) in [6.07, 6.45) is 9.81. The summed E-state index contributed by atoms with van der Waals surface area (Å²) in [5.74, 6) is 3.44. The molecule has 6 atom stereocenters. The number of rotatable bonds is 2. The summed E-state index contributed by atoms with van der Waals surface area (Å²) in [5, 5.41) is 0. The molecule has 4 aliphatic carbocycles. The number of nitrogens with zero attached hydrogens (tertiary/aromatic N) is 2. The van der Waals surface area contributed by atoms with Gasteiger partial charge in [-0.3, -0.25) is 0 Å². The second-order valence-corrected chi connectivity index (χ2v) is 16.4. The van der Waals surface area contributed by atoms with Crippen LogP contribution in [0.15, 0.2) is 103 Å². The summed E-state index contributed by atoms with van der Waals surface area (Å²) >= 11 is 0. The fraction of sp³-hybridized carbons (Fsp3) is 0.333. The van der Waals surface area contributed by atoms with E-state index in [-0.39, 0.29) is 12.1 Å². The zero-order valence-electron chi connectivity index (χ0n) is 28.0. The van der Waals surface area contributed by atoms with Crippen LogP contribution in [0, 0.1) is 36.0 Å². The SMILES string of the molecule is CCc1ccc(N2c3cccc4c3B(c3cccc(C)c32)c2cccc3c2N4c2ccccc2C32C3CCC4CCC5CC2C43C5)cc1. The van der Waals surface area contributed by atoms with Crippen LogP contribution in [-0.4, -0.2) is 6.71 Å². The monoisotopic (exact) mass is 620 g/mol. The van der Waals surface area contributed by atoms with Gasteiger partial charge in [0, 0.05) is 33.9 Å². The fourth-order valence-electron chi connectivity index (χ4n) is 13.6. The summed E-state index contributed by atoms with van der Waals surface area (Å²) in [6, 6.07) is 40.7. The van der Waals surface area contributed by atoms with Crippen LogP contribution >= 0.6 is 0 Å². The summed E-state index contributed by atoms with van der Waals surface area (Å²) in [7, 11) is 0. The Labute approximate surface area is 284 Å². The number of fused-ring (bicyclic) bond motifs is 11. The third-order valence-corrected chi connectivity index (χ3v) is 15.0. The quantitative estimate of drug-likeness (QED) is 0.178. The molecular weight excluding hydrogens is 579 g/mol. The third kappa shape index (κ3) is 2.79. The molecule has 48 heavy (non-hydrogen) atoms. The summed E-state index contributed by atoms with van der Waals surface area (Å²) in [5.41, 5.74) is 19.4. The van der Waals surface area contributed by atoms with Gasteiger partial charge in [-0.25, -0.2) is 0 Å². The molecule has 0 radical (unpaired) electrons. The molecule has 0 saturated heterocycles. The first-order valence-electron chi connectivity index (χ1n) is 18.8. The average molecular weight is 621 g/mol. The molecule has 4 saturated carbocycles. The number of hydrogen-bond acceptors (Lipinski definition) is 2. The molecule has 2 bridgehead atoms. The Bertz CT molecular complexity index is 2220. The Kier molecular flexibility index (Phi) is 4.93. The van der Waals surface area contributed by atoms with Gasteiger partial charge < -0.3 is 9.80 Å². The molecule has 4 fully saturated rings. The predicted molar refractivity (Wildman–Crippen MR) is 199 cm³/mol. The fourth-order valence-corrected chi connectivity index (χ4v) is 13.6. The van der Waals surface area contributed by atoms with Crippen molar-refractivity contribution in [3.8, 4) is 0 Å². The lowest BCUT2D eigenvalue weighted by molar-refractivity contribution is -0.117. The molecule has 3 heterocycles. The van der Waals surface area contributed by atoms with E-state index in [1.807, 2.05) is 0 Å². The second kappa shape index (κ2) is 8.86. The molecule has 0 N–H and O–H groups in total. The number of benzene rings is 5. The molecule has 2 spiro atoms. The van der Waals surface area contributed by atoms with E-state index >= 15 is 0 Å². The van der Waals surface area contributed by atoms with E-state index in [2.05, 4.69) is 127 Å². The lowest BCUT2D eigenvalue weighted by Crippen LogP contribution is -2.68. The minimum absolute atomic E-state index is 0.137.